The Morgan fingerprint density at radius 3 is 3.08 bits per heavy atom. The highest BCUT2D eigenvalue weighted by atomic mass is 79.9. The lowest BCUT2D eigenvalue weighted by molar-refractivity contribution is -0.151. The molecule has 2 rings (SSSR count). The predicted octanol–water partition coefficient (Wildman–Crippen LogP) is 1.49. The molecule has 13 heavy (non-hydrogen) atoms. The summed E-state index contributed by atoms with van der Waals surface area (Å²) in [5.74, 6) is 0.170. The molecule has 2 fully saturated rings. The van der Waals surface area contributed by atoms with E-state index >= 15 is 0 Å². The number of alkyl halides is 1. The van der Waals surface area contributed by atoms with Crippen LogP contribution < -0.4 is 0 Å². The quantitative estimate of drug-likeness (QED) is 0.482. The molecule has 1 saturated carbocycles. The van der Waals surface area contributed by atoms with E-state index in [4.69, 9.17) is 9.47 Å². The number of esters is 1. The van der Waals surface area contributed by atoms with Crippen LogP contribution in [0.3, 0.4) is 0 Å². The highest BCUT2D eigenvalue weighted by Gasteiger charge is 2.36. The number of rotatable bonds is 0. The van der Waals surface area contributed by atoms with Crippen molar-refractivity contribution in [2.75, 3.05) is 13.2 Å². The van der Waals surface area contributed by atoms with Crippen molar-refractivity contribution in [3.63, 3.8) is 0 Å². The SMILES string of the molecule is O=C1COC[C@@H]2CCC[C@@H](Br)[C@@H]2O1. The van der Waals surface area contributed by atoms with Crippen molar-refractivity contribution in [2.45, 2.75) is 30.2 Å². The molecule has 1 heterocycles. The van der Waals surface area contributed by atoms with Crippen LogP contribution in [0.5, 0.6) is 0 Å². The molecule has 3 atom stereocenters. The van der Waals surface area contributed by atoms with E-state index in [1.54, 1.807) is 0 Å². The Kier molecular flexibility index (Phi) is 2.89. The van der Waals surface area contributed by atoms with Crippen molar-refractivity contribution in [3.05, 3.63) is 0 Å². The summed E-state index contributed by atoms with van der Waals surface area (Å²) in [5, 5.41) is 0. The van der Waals surface area contributed by atoms with E-state index in [0.29, 0.717) is 17.4 Å². The lowest BCUT2D eigenvalue weighted by Gasteiger charge is -2.32. The maximum Gasteiger partial charge on any atom is 0.332 e. The Morgan fingerprint density at radius 1 is 1.38 bits per heavy atom. The van der Waals surface area contributed by atoms with Crippen molar-refractivity contribution < 1.29 is 14.3 Å². The van der Waals surface area contributed by atoms with Gasteiger partial charge in [-0.3, -0.25) is 0 Å². The van der Waals surface area contributed by atoms with Crippen LogP contribution in [0, 0.1) is 5.92 Å². The first-order chi connectivity index (χ1) is 6.27. The highest BCUT2D eigenvalue weighted by Crippen LogP contribution is 2.33. The van der Waals surface area contributed by atoms with Crippen molar-refractivity contribution in [1.29, 1.82) is 0 Å². The smallest absolute Gasteiger partial charge is 0.332 e. The third kappa shape index (κ3) is 2.05. The summed E-state index contributed by atoms with van der Waals surface area (Å²) in [6, 6.07) is 0. The molecule has 1 aliphatic carbocycles. The number of carbonyl (C=O) groups is 1. The van der Waals surface area contributed by atoms with E-state index in [9.17, 15) is 4.79 Å². The molecule has 0 N–H and O–H groups in total. The van der Waals surface area contributed by atoms with Gasteiger partial charge in [-0.15, -0.1) is 0 Å². The summed E-state index contributed by atoms with van der Waals surface area (Å²) in [7, 11) is 0. The fraction of sp³-hybridized carbons (Fsp3) is 0.889. The second kappa shape index (κ2) is 3.96. The summed E-state index contributed by atoms with van der Waals surface area (Å²) < 4.78 is 10.5. The molecule has 0 radical (unpaired) electrons. The minimum absolute atomic E-state index is 0.0312. The van der Waals surface area contributed by atoms with Crippen LogP contribution in [0.25, 0.3) is 0 Å². The van der Waals surface area contributed by atoms with Gasteiger partial charge in [-0.1, -0.05) is 22.4 Å². The largest absolute Gasteiger partial charge is 0.459 e. The standard InChI is InChI=1S/C9H13BrO3/c10-7-3-1-2-6-4-12-5-8(11)13-9(6)7/h6-7,9H,1-5H2/t6-,7+,9+/m0/s1. The lowest BCUT2D eigenvalue weighted by Crippen LogP contribution is -2.38. The zero-order valence-electron chi connectivity index (χ0n) is 7.37. The third-order valence-electron chi connectivity index (χ3n) is 2.70. The first-order valence-corrected chi connectivity index (χ1v) is 5.60. The average Bonchev–Trinajstić information content (AvgIpc) is 2.28. The van der Waals surface area contributed by atoms with E-state index in [2.05, 4.69) is 15.9 Å². The van der Waals surface area contributed by atoms with E-state index in [1.165, 1.54) is 6.42 Å². The van der Waals surface area contributed by atoms with Gasteiger partial charge in [-0.25, -0.2) is 4.79 Å². The molecule has 2 aliphatic rings. The maximum absolute atomic E-state index is 11.1. The van der Waals surface area contributed by atoms with Gasteiger partial charge >= 0.3 is 5.97 Å². The van der Waals surface area contributed by atoms with Gasteiger partial charge in [-0.2, -0.15) is 0 Å². The number of hydrogen-bond acceptors (Lipinski definition) is 3. The zero-order chi connectivity index (χ0) is 9.26. The monoisotopic (exact) mass is 248 g/mol. The number of ether oxygens (including phenoxy) is 2. The van der Waals surface area contributed by atoms with Crippen LogP contribution in [0.1, 0.15) is 19.3 Å². The second-order valence-corrected chi connectivity index (χ2v) is 4.85. The Hall–Kier alpha value is -0.0900. The minimum Gasteiger partial charge on any atom is -0.459 e. The summed E-state index contributed by atoms with van der Waals surface area (Å²) in [6.45, 7) is 0.783. The molecule has 0 aromatic heterocycles. The third-order valence-corrected chi connectivity index (χ3v) is 3.67. The molecule has 0 aromatic rings. The van der Waals surface area contributed by atoms with Gasteiger partial charge in [0.2, 0.25) is 0 Å². The second-order valence-electron chi connectivity index (χ2n) is 3.68. The molecule has 1 aliphatic heterocycles. The van der Waals surface area contributed by atoms with Crippen LogP contribution in [-0.4, -0.2) is 30.1 Å². The summed E-state index contributed by atoms with van der Waals surface area (Å²) in [6.07, 6.45) is 3.43. The first kappa shape index (κ1) is 9.46. The summed E-state index contributed by atoms with van der Waals surface area (Å²) in [4.78, 5) is 11.4. The predicted molar refractivity (Wildman–Crippen MR) is 50.8 cm³/mol. The number of hydrogen-bond donors (Lipinski definition) is 0. The fourth-order valence-electron chi connectivity index (χ4n) is 2.03. The summed E-state index contributed by atoms with van der Waals surface area (Å²) in [5.41, 5.74) is 0. The Balaban J connectivity index is 2.07. The van der Waals surface area contributed by atoms with Crippen molar-refractivity contribution in [2.24, 2.45) is 5.92 Å². The van der Waals surface area contributed by atoms with E-state index < -0.39 is 0 Å². The Labute approximate surface area is 85.9 Å². The fourth-order valence-corrected chi connectivity index (χ4v) is 2.89. The molecule has 74 valence electrons. The molecule has 0 amide bonds. The zero-order valence-corrected chi connectivity index (χ0v) is 8.96. The Bertz CT molecular complexity index is 207. The van der Waals surface area contributed by atoms with E-state index in [1.807, 2.05) is 0 Å². The molecular formula is C9H13BrO3. The van der Waals surface area contributed by atoms with Crippen LogP contribution >= 0.6 is 15.9 Å². The normalized spacial score (nSPS) is 40.4. The van der Waals surface area contributed by atoms with Gasteiger partial charge in [0.1, 0.15) is 12.7 Å². The molecule has 1 saturated heterocycles. The maximum atomic E-state index is 11.1. The van der Waals surface area contributed by atoms with Gasteiger partial charge in [0, 0.05) is 5.92 Å². The minimum atomic E-state index is -0.223. The average molecular weight is 249 g/mol. The van der Waals surface area contributed by atoms with Crippen molar-refractivity contribution >= 4 is 21.9 Å². The van der Waals surface area contributed by atoms with Gasteiger partial charge in [0.15, 0.2) is 0 Å². The van der Waals surface area contributed by atoms with Gasteiger partial charge in [-0.05, 0) is 12.8 Å². The summed E-state index contributed by atoms with van der Waals surface area (Å²) >= 11 is 3.56. The van der Waals surface area contributed by atoms with Crippen LogP contribution in [0.15, 0.2) is 0 Å². The highest BCUT2D eigenvalue weighted by molar-refractivity contribution is 9.09. The van der Waals surface area contributed by atoms with Crippen LogP contribution in [0.4, 0.5) is 0 Å². The topological polar surface area (TPSA) is 35.5 Å². The van der Waals surface area contributed by atoms with Crippen molar-refractivity contribution in [1.82, 2.24) is 0 Å². The van der Waals surface area contributed by atoms with Crippen LogP contribution in [-0.2, 0) is 14.3 Å². The first-order valence-electron chi connectivity index (χ1n) is 4.68. The number of halogens is 1. The van der Waals surface area contributed by atoms with Crippen LogP contribution in [0.2, 0.25) is 0 Å². The molecule has 0 unspecified atom stereocenters. The van der Waals surface area contributed by atoms with E-state index in [0.717, 1.165) is 12.8 Å². The molecule has 3 nitrogen and oxygen atoms in total. The molecule has 4 heteroatoms. The molecule has 0 aromatic carbocycles. The molecule has 0 spiro atoms. The number of fused-ring (bicyclic) bond motifs is 1. The van der Waals surface area contributed by atoms with Gasteiger partial charge in [0.25, 0.3) is 0 Å². The number of carbonyl (C=O) groups excluding carboxylic acids is 1. The lowest BCUT2D eigenvalue weighted by atomic mass is 9.87. The Morgan fingerprint density at radius 2 is 2.23 bits per heavy atom. The molecule has 0 bridgehead atoms. The van der Waals surface area contributed by atoms with Crippen molar-refractivity contribution in [3.8, 4) is 0 Å². The van der Waals surface area contributed by atoms with E-state index in [-0.39, 0.29) is 18.7 Å². The van der Waals surface area contributed by atoms with Gasteiger partial charge < -0.3 is 9.47 Å². The van der Waals surface area contributed by atoms with Gasteiger partial charge in [0.05, 0.1) is 11.4 Å². The molecular weight excluding hydrogens is 236 g/mol.